The van der Waals surface area contributed by atoms with Crippen molar-refractivity contribution in [3.63, 3.8) is 0 Å². The number of aromatic nitrogens is 2. The zero-order valence-electron chi connectivity index (χ0n) is 9.89. The summed E-state index contributed by atoms with van der Waals surface area (Å²) in [6.45, 7) is 0.636. The number of nitrogens with one attached hydrogen (secondary N) is 1. The van der Waals surface area contributed by atoms with Gasteiger partial charge >= 0.3 is 5.69 Å². The maximum atomic E-state index is 13.6. The molecule has 0 aliphatic heterocycles. The average molecular weight is 258 g/mol. The molecule has 0 amide bonds. The summed E-state index contributed by atoms with van der Waals surface area (Å²) in [7, 11) is 0. The first-order valence-electron chi connectivity index (χ1n) is 5.62. The van der Waals surface area contributed by atoms with E-state index < -0.39 is 42.0 Å². The van der Waals surface area contributed by atoms with E-state index in [0.29, 0.717) is 5.56 Å². The van der Waals surface area contributed by atoms with Crippen LogP contribution in [-0.2, 0) is 6.54 Å². The van der Waals surface area contributed by atoms with Gasteiger partial charge < -0.3 is 10.2 Å². The fraction of sp³-hybridized carbons (Fsp3) is 0.636. The second-order valence-corrected chi connectivity index (χ2v) is 4.78. The molecule has 1 saturated carbocycles. The lowest BCUT2D eigenvalue weighted by atomic mass is 10.1. The Kier molecular flexibility index (Phi) is 3.12. The smallest absolute Gasteiger partial charge is 0.328 e. The summed E-state index contributed by atoms with van der Waals surface area (Å²) >= 11 is 0. The first kappa shape index (κ1) is 13.0. The molecule has 1 fully saturated rings. The van der Waals surface area contributed by atoms with Crippen LogP contribution in [0.5, 0.6) is 0 Å². The van der Waals surface area contributed by atoms with Crippen molar-refractivity contribution in [2.45, 2.75) is 19.6 Å². The third-order valence-electron chi connectivity index (χ3n) is 3.70. The quantitative estimate of drug-likeness (QED) is 0.631. The Bertz CT molecular complexity index is 561. The van der Waals surface area contributed by atoms with Gasteiger partial charge in [-0.1, -0.05) is 0 Å². The van der Waals surface area contributed by atoms with E-state index >= 15 is 0 Å². The molecule has 6 nitrogen and oxygen atoms in total. The predicted octanol–water partition coefficient (Wildman–Crippen LogP) is -1.22. The molecule has 2 rings (SSSR count). The van der Waals surface area contributed by atoms with Crippen LogP contribution >= 0.6 is 0 Å². The molecule has 0 saturated heterocycles. The van der Waals surface area contributed by atoms with Gasteiger partial charge in [0.25, 0.3) is 5.56 Å². The summed E-state index contributed by atoms with van der Waals surface area (Å²) in [6, 6.07) is 0. The number of H-pyrrole nitrogens is 1. The lowest BCUT2D eigenvalue weighted by Crippen LogP contribution is -2.32. The van der Waals surface area contributed by atoms with Gasteiger partial charge in [0.05, 0.1) is 18.6 Å². The highest BCUT2D eigenvalue weighted by Crippen LogP contribution is 2.55. The molecule has 1 aromatic rings. The molecule has 0 spiro atoms. The SMILES string of the molecule is Cc1cn(C[C@H]2[C@@H](F)C2(CO)CO)c(=O)[nH]c1=O. The normalized spacial score (nSPS) is 25.1. The first-order valence-corrected chi connectivity index (χ1v) is 5.62. The zero-order chi connectivity index (χ0) is 13.5. The molecule has 0 unspecified atom stereocenters. The molecule has 18 heavy (non-hydrogen) atoms. The monoisotopic (exact) mass is 258 g/mol. The van der Waals surface area contributed by atoms with Gasteiger partial charge in [-0.25, -0.2) is 9.18 Å². The van der Waals surface area contributed by atoms with E-state index in [1.54, 1.807) is 6.92 Å². The number of aliphatic hydroxyl groups is 2. The second kappa shape index (κ2) is 4.33. The lowest BCUT2D eigenvalue weighted by molar-refractivity contribution is 0.105. The van der Waals surface area contributed by atoms with Gasteiger partial charge in [0, 0.05) is 24.2 Å². The Hall–Kier alpha value is -1.47. The number of alkyl halides is 1. The van der Waals surface area contributed by atoms with Gasteiger partial charge in [0.2, 0.25) is 0 Å². The number of hydrogen-bond acceptors (Lipinski definition) is 4. The minimum atomic E-state index is -1.34. The van der Waals surface area contributed by atoms with Gasteiger partial charge in [0.1, 0.15) is 6.17 Å². The summed E-state index contributed by atoms with van der Waals surface area (Å²) < 4.78 is 14.8. The molecule has 0 bridgehead atoms. The van der Waals surface area contributed by atoms with Crippen LogP contribution in [0.25, 0.3) is 0 Å². The Morgan fingerprint density at radius 2 is 2.06 bits per heavy atom. The van der Waals surface area contributed by atoms with Crippen molar-refractivity contribution in [1.29, 1.82) is 0 Å². The number of hydrogen-bond donors (Lipinski definition) is 3. The van der Waals surface area contributed by atoms with Gasteiger partial charge in [0.15, 0.2) is 0 Å². The Labute approximate surface area is 102 Å². The fourth-order valence-electron chi connectivity index (χ4n) is 2.22. The molecule has 7 heteroatoms. The molecular formula is C11H15FN2O4. The molecular weight excluding hydrogens is 243 g/mol. The van der Waals surface area contributed by atoms with E-state index in [9.17, 15) is 14.0 Å². The van der Waals surface area contributed by atoms with Crippen molar-refractivity contribution in [3.8, 4) is 0 Å². The molecule has 0 radical (unpaired) electrons. The number of rotatable bonds is 4. The number of aryl methyl sites for hydroxylation is 1. The molecule has 100 valence electrons. The molecule has 1 aromatic heterocycles. The number of aliphatic hydroxyl groups excluding tert-OH is 2. The van der Waals surface area contributed by atoms with Gasteiger partial charge in [-0.3, -0.25) is 14.3 Å². The molecule has 0 aromatic carbocycles. The van der Waals surface area contributed by atoms with Crippen molar-refractivity contribution in [2.75, 3.05) is 13.2 Å². The summed E-state index contributed by atoms with van der Waals surface area (Å²) in [5, 5.41) is 18.2. The minimum Gasteiger partial charge on any atom is -0.396 e. The van der Waals surface area contributed by atoms with Crippen molar-refractivity contribution < 1.29 is 14.6 Å². The van der Waals surface area contributed by atoms with Crippen LogP contribution in [-0.4, -0.2) is 39.1 Å². The van der Waals surface area contributed by atoms with E-state index in [2.05, 4.69) is 4.98 Å². The molecule has 1 aliphatic rings. The third-order valence-corrected chi connectivity index (χ3v) is 3.70. The molecule has 3 N–H and O–H groups in total. The topological polar surface area (TPSA) is 95.3 Å². The average Bonchev–Trinajstić information content (AvgIpc) is 2.91. The largest absolute Gasteiger partial charge is 0.396 e. The van der Waals surface area contributed by atoms with Crippen molar-refractivity contribution >= 4 is 0 Å². The van der Waals surface area contributed by atoms with E-state index in [4.69, 9.17) is 10.2 Å². The van der Waals surface area contributed by atoms with Gasteiger partial charge in [-0.15, -0.1) is 0 Å². The number of halogens is 1. The summed E-state index contributed by atoms with van der Waals surface area (Å²) in [6.07, 6.45) is 0.0118. The van der Waals surface area contributed by atoms with Crippen LogP contribution in [0.4, 0.5) is 4.39 Å². The number of aromatic amines is 1. The van der Waals surface area contributed by atoms with Crippen LogP contribution in [0.15, 0.2) is 15.8 Å². The zero-order valence-corrected chi connectivity index (χ0v) is 9.89. The second-order valence-electron chi connectivity index (χ2n) is 4.78. The standard InChI is InChI=1S/C11H15FN2O4/c1-6-2-14(10(18)13-9(6)17)3-7-8(12)11(7,4-15)5-16/h2,7-8,15-16H,3-5H2,1H3,(H,13,17,18)/t7-,8+/m0/s1. The maximum Gasteiger partial charge on any atom is 0.328 e. The van der Waals surface area contributed by atoms with Crippen molar-refractivity contribution in [1.82, 2.24) is 9.55 Å². The van der Waals surface area contributed by atoms with E-state index in [1.807, 2.05) is 0 Å². The van der Waals surface area contributed by atoms with Crippen molar-refractivity contribution in [2.24, 2.45) is 11.3 Å². The lowest BCUT2D eigenvalue weighted by Gasteiger charge is -2.10. The highest BCUT2D eigenvalue weighted by atomic mass is 19.1. The summed E-state index contributed by atoms with van der Waals surface area (Å²) in [4.78, 5) is 24.8. The Morgan fingerprint density at radius 1 is 1.44 bits per heavy atom. The predicted molar refractivity (Wildman–Crippen MR) is 61.1 cm³/mol. The van der Waals surface area contributed by atoms with Crippen LogP contribution in [0.2, 0.25) is 0 Å². The fourth-order valence-corrected chi connectivity index (χ4v) is 2.22. The highest BCUT2D eigenvalue weighted by Gasteiger charge is 2.65. The van der Waals surface area contributed by atoms with Gasteiger partial charge in [-0.2, -0.15) is 0 Å². The summed E-state index contributed by atoms with van der Waals surface area (Å²) in [5.41, 5.74) is -1.90. The first-order chi connectivity index (χ1) is 8.46. The maximum absolute atomic E-state index is 13.6. The van der Waals surface area contributed by atoms with Crippen molar-refractivity contribution in [3.05, 3.63) is 32.6 Å². The molecule has 2 atom stereocenters. The third kappa shape index (κ3) is 1.79. The summed E-state index contributed by atoms with van der Waals surface area (Å²) in [5.74, 6) is -0.615. The van der Waals surface area contributed by atoms with Crippen LogP contribution in [0.1, 0.15) is 5.56 Å². The van der Waals surface area contributed by atoms with Crippen LogP contribution in [0.3, 0.4) is 0 Å². The van der Waals surface area contributed by atoms with Gasteiger partial charge in [-0.05, 0) is 6.92 Å². The minimum absolute atomic E-state index is 0.0265. The Morgan fingerprint density at radius 3 is 2.56 bits per heavy atom. The Balaban J connectivity index is 2.25. The molecule has 1 heterocycles. The number of nitrogens with zero attached hydrogens (tertiary/aromatic N) is 1. The highest BCUT2D eigenvalue weighted by molar-refractivity contribution is 5.12. The van der Waals surface area contributed by atoms with E-state index in [1.165, 1.54) is 10.8 Å². The molecule has 1 aliphatic carbocycles. The van der Waals surface area contributed by atoms with E-state index in [0.717, 1.165) is 0 Å². The van der Waals surface area contributed by atoms with Crippen LogP contribution in [0, 0.1) is 18.3 Å². The van der Waals surface area contributed by atoms with E-state index in [-0.39, 0.29) is 6.54 Å². The van der Waals surface area contributed by atoms with Crippen LogP contribution < -0.4 is 11.2 Å².